The molecule has 2 aliphatic heterocycles. The highest BCUT2D eigenvalue weighted by Crippen LogP contribution is 2.58. The predicted octanol–water partition coefficient (Wildman–Crippen LogP) is 6.80. The fourth-order valence-electron chi connectivity index (χ4n) is 5.21. The zero-order valence-electron chi connectivity index (χ0n) is 18.5. The monoisotopic (exact) mass is 417 g/mol. The van der Waals surface area contributed by atoms with Gasteiger partial charge in [0.1, 0.15) is 17.7 Å². The molecule has 3 aromatic rings. The van der Waals surface area contributed by atoms with Crippen LogP contribution < -0.4 is 9.64 Å². The van der Waals surface area contributed by atoms with Crippen molar-refractivity contribution in [2.75, 3.05) is 18.0 Å². The van der Waals surface area contributed by atoms with Crippen LogP contribution in [0.15, 0.2) is 54.6 Å². The van der Waals surface area contributed by atoms with E-state index in [4.69, 9.17) is 9.47 Å². The zero-order chi connectivity index (χ0) is 21.8. The van der Waals surface area contributed by atoms with Crippen molar-refractivity contribution < 1.29 is 13.9 Å². The van der Waals surface area contributed by atoms with Crippen LogP contribution >= 0.6 is 0 Å². The van der Waals surface area contributed by atoms with Crippen molar-refractivity contribution in [2.45, 2.75) is 46.1 Å². The molecular weight excluding hydrogens is 389 g/mol. The van der Waals surface area contributed by atoms with Gasteiger partial charge in [-0.3, -0.25) is 0 Å². The maximum atomic E-state index is 14.8. The van der Waals surface area contributed by atoms with Crippen LogP contribution in [-0.2, 0) is 16.9 Å². The quantitative estimate of drug-likeness (QED) is 0.466. The summed E-state index contributed by atoms with van der Waals surface area (Å²) in [6.45, 7) is 10.1. The Hall–Kier alpha value is -2.85. The van der Waals surface area contributed by atoms with Gasteiger partial charge in [0.2, 0.25) is 0 Å². The Morgan fingerprint density at radius 1 is 1.00 bits per heavy atom. The number of fused-ring (bicyclic) bond motifs is 6. The Bertz CT molecular complexity index is 1150. The van der Waals surface area contributed by atoms with Crippen LogP contribution in [0.25, 0.3) is 0 Å². The van der Waals surface area contributed by atoms with E-state index < -0.39 is 11.8 Å². The molecule has 3 nitrogen and oxygen atoms in total. The van der Waals surface area contributed by atoms with E-state index in [2.05, 4.69) is 49.1 Å². The molecule has 0 saturated heterocycles. The van der Waals surface area contributed by atoms with Gasteiger partial charge in [-0.2, -0.15) is 0 Å². The first-order chi connectivity index (χ1) is 15.0. The molecule has 160 valence electrons. The summed E-state index contributed by atoms with van der Waals surface area (Å²) >= 11 is 0. The number of hydrogen-bond acceptors (Lipinski definition) is 3. The highest BCUT2D eigenvalue weighted by molar-refractivity contribution is 5.69. The van der Waals surface area contributed by atoms with Crippen molar-refractivity contribution in [3.8, 4) is 11.5 Å². The third-order valence-electron chi connectivity index (χ3n) is 6.72. The highest BCUT2D eigenvalue weighted by atomic mass is 19.1. The summed E-state index contributed by atoms with van der Waals surface area (Å²) in [6, 6.07) is 18.7. The number of nitrogens with zero attached hydrogens (tertiary/aromatic N) is 1. The summed E-state index contributed by atoms with van der Waals surface area (Å²) in [4.78, 5) is 2.28. The number of halogens is 1. The maximum Gasteiger partial charge on any atom is 0.151 e. The van der Waals surface area contributed by atoms with E-state index in [1.807, 2.05) is 31.2 Å². The summed E-state index contributed by atoms with van der Waals surface area (Å²) in [5.41, 5.74) is 5.91. The molecule has 0 aliphatic carbocycles. The molecule has 31 heavy (non-hydrogen) atoms. The minimum Gasteiger partial charge on any atom is -0.456 e. The van der Waals surface area contributed by atoms with Crippen molar-refractivity contribution in [3.05, 3.63) is 88.0 Å². The molecule has 0 aromatic heterocycles. The molecule has 2 heterocycles. The van der Waals surface area contributed by atoms with Gasteiger partial charge in [-0.25, -0.2) is 4.39 Å². The van der Waals surface area contributed by atoms with Crippen LogP contribution in [0.5, 0.6) is 11.5 Å². The number of anilines is 1. The molecule has 2 atom stereocenters. The van der Waals surface area contributed by atoms with Gasteiger partial charge in [-0.15, -0.1) is 0 Å². The predicted molar refractivity (Wildman–Crippen MR) is 122 cm³/mol. The van der Waals surface area contributed by atoms with Crippen molar-refractivity contribution in [3.63, 3.8) is 0 Å². The number of aryl methyl sites for hydroxylation is 1. The van der Waals surface area contributed by atoms with Crippen LogP contribution in [0.3, 0.4) is 0 Å². The zero-order valence-corrected chi connectivity index (χ0v) is 18.5. The Labute approximate surface area is 183 Å². The van der Waals surface area contributed by atoms with Gasteiger partial charge in [0.15, 0.2) is 5.60 Å². The van der Waals surface area contributed by atoms with Gasteiger partial charge in [0.05, 0.1) is 6.61 Å². The lowest BCUT2D eigenvalue weighted by molar-refractivity contribution is 0.0196. The first kappa shape index (κ1) is 20.1. The molecule has 0 bridgehead atoms. The summed E-state index contributed by atoms with van der Waals surface area (Å²) in [5, 5.41) is 0. The molecule has 2 unspecified atom stereocenters. The molecule has 4 heteroatoms. The molecule has 3 aromatic carbocycles. The SMILES string of the molecule is CCN(CC)c1ccc2c(c1)Oc1c(ccc(C)c1C(C)F)C21OCc2ccccc21. The summed E-state index contributed by atoms with van der Waals surface area (Å²) < 4.78 is 27.9. The van der Waals surface area contributed by atoms with E-state index in [1.54, 1.807) is 6.92 Å². The second-order valence-electron chi connectivity index (χ2n) is 8.37. The van der Waals surface area contributed by atoms with Crippen molar-refractivity contribution >= 4 is 5.69 Å². The summed E-state index contributed by atoms with van der Waals surface area (Å²) in [7, 11) is 0. The van der Waals surface area contributed by atoms with Crippen LogP contribution in [0.1, 0.15) is 60.3 Å². The summed E-state index contributed by atoms with van der Waals surface area (Å²) in [5.74, 6) is 1.33. The lowest BCUT2D eigenvalue weighted by atomic mass is 9.76. The summed E-state index contributed by atoms with van der Waals surface area (Å²) in [6.07, 6.45) is -1.14. The Balaban J connectivity index is 1.82. The van der Waals surface area contributed by atoms with Gasteiger partial charge >= 0.3 is 0 Å². The van der Waals surface area contributed by atoms with Crippen molar-refractivity contribution in [1.29, 1.82) is 0 Å². The molecule has 0 fully saturated rings. The fourth-order valence-corrected chi connectivity index (χ4v) is 5.21. The topological polar surface area (TPSA) is 21.7 Å². The highest BCUT2D eigenvalue weighted by Gasteiger charge is 2.50. The van der Waals surface area contributed by atoms with E-state index in [0.717, 1.165) is 52.3 Å². The smallest absolute Gasteiger partial charge is 0.151 e. The van der Waals surface area contributed by atoms with Gasteiger partial charge in [-0.05, 0) is 56.5 Å². The van der Waals surface area contributed by atoms with Gasteiger partial charge in [0, 0.05) is 41.5 Å². The largest absolute Gasteiger partial charge is 0.456 e. The van der Waals surface area contributed by atoms with E-state index in [-0.39, 0.29) is 0 Å². The first-order valence-corrected chi connectivity index (χ1v) is 11.1. The molecule has 2 aliphatic rings. The fraction of sp³-hybridized carbons (Fsp3) is 0.333. The van der Waals surface area contributed by atoms with E-state index in [1.165, 1.54) is 0 Å². The maximum absolute atomic E-state index is 14.8. The first-order valence-electron chi connectivity index (χ1n) is 11.1. The van der Waals surface area contributed by atoms with Crippen molar-refractivity contribution in [1.82, 2.24) is 0 Å². The molecule has 0 amide bonds. The molecule has 0 radical (unpaired) electrons. The minimum absolute atomic E-state index is 0.515. The van der Waals surface area contributed by atoms with Crippen LogP contribution in [0.4, 0.5) is 10.1 Å². The van der Waals surface area contributed by atoms with E-state index in [0.29, 0.717) is 17.9 Å². The molecule has 0 saturated carbocycles. The Morgan fingerprint density at radius 3 is 2.48 bits per heavy atom. The molecular formula is C27H28FNO2. The Kier molecular flexibility index (Phi) is 4.78. The number of hydrogen-bond donors (Lipinski definition) is 0. The average molecular weight is 418 g/mol. The van der Waals surface area contributed by atoms with E-state index in [9.17, 15) is 4.39 Å². The van der Waals surface area contributed by atoms with Gasteiger partial charge < -0.3 is 14.4 Å². The number of alkyl halides is 1. The molecule has 1 spiro atoms. The number of ether oxygens (including phenoxy) is 2. The van der Waals surface area contributed by atoms with Crippen LogP contribution in [-0.4, -0.2) is 13.1 Å². The standard InChI is InChI=1S/C27H28FNO2/c1-5-29(6-2)20-12-14-22-24(15-20)31-26-23(13-11-17(3)25(26)18(4)28)27(22)21-10-8-7-9-19(21)16-30-27/h7-15,18H,5-6,16H2,1-4H3. The number of benzene rings is 3. The van der Waals surface area contributed by atoms with Gasteiger partial charge in [-0.1, -0.05) is 36.4 Å². The minimum atomic E-state index is -1.14. The third kappa shape index (κ3) is 2.81. The molecule has 5 rings (SSSR count). The lowest BCUT2D eigenvalue weighted by Gasteiger charge is -2.39. The Morgan fingerprint density at radius 2 is 1.74 bits per heavy atom. The third-order valence-corrected chi connectivity index (χ3v) is 6.72. The second kappa shape index (κ2) is 7.38. The average Bonchev–Trinajstić information content (AvgIpc) is 3.14. The second-order valence-corrected chi connectivity index (χ2v) is 8.37. The van der Waals surface area contributed by atoms with Crippen molar-refractivity contribution in [2.24, 2.45) is 0 Å². The van der Waals surface area contributed by atoms with Crippen LogP contribution in [0.2, 0.25) is 0 Å². The normalized spacial score (nSPS) is 19.4. The number of rotatable bonds is 4. The molecule has 0 N–H and O–H groups in total. The van der Waals surface area contributed by atoms with E-state index >= 15 is 0 Å². The van der Waals surface area contributed by atoms with Gasteiger partial charge in [0.25, 0.3) is 0 Å². The van der Waals surface area contributed by atoms with Crippen LogP contribution in [0, 0.1) is 6.92 Å². The lowest BCUT2D eigenvalue weighted by Crippen LogP contribution is -2.33.